The number of aliphatic hydroxyl groups excluding tert-OH is 2. The highest BCUT2D eigenvalue weighted by Gasteiger charge is 2.69. The van der Waals surface area contributed by atoms with Crippen molar-refractivity contribution in [3.05, 3.63) is 24.0 Å². The van der Waals surface area contributed by atoms with Gasteiger partial charge in [-0.15, -0.1) is 0 Å². The number of hydrogen-bond acceptors (Lipinski definition) is 4. The van der Waals surface area contributed by atoms with Crippen molar-refractivity contribution in [3.8, 4) is 0 Å². The first-order chi connectivity index (χ1) is 13.2. The molecule has 5 rings (SSSR count). The fourth-order valence-electron chi connectivity index (χ4n) is 8.54. The zero-order valence-corrected chi connectivity index (χ0v) is 17.4. The summed E-state index contributed by atoms with van der Waals surface area (Å²) < 4.78 is 5.58. The highest BCUT2D eigenvalue weighted by molar-refractivity contribution is 5.32. The van der Waals surface area contributed by atoms with Crippen LogP contribution in [0.5, 0.6) is 0 Å². The molecule has 4 saturated carbocycles. The van der Waals surface area contributed by atoms with Crippen LogP contribution in [-0.2, 0) is 4.74 Å². The lowest BCUT2D eigenvalue weighted by Crippen LogP contribution is -2.62. The predicted molar refractivity (Wildman–Crippen MR) is 107 cm³/mol. The second kappa shape index (κ2) is 6.09. The van der Waals surface area contributed by atoms with Gasteiger partial charge in [0.2, 0.25) is 0 Å². The molecule has 0 bridgehead atoms. The molecule has 4 aliphatic carbocycles. The lowest BCUT2D eigenvalue weighted by atomic mass is 9.43. The Balaban J connectivity index is 1.50. The van der Waals surface area contributed by atoms with E-state index in [9.17, 15) is 15.3 Å². The van der Waals surface area contributed by atoms with Crippen LogP contribution in [0.1, 0.15) is 65.2 Å². The summed E-state index contributed by atoms with van der Waals surface area (Å²) in [7, 11) is 0. The number of hydrogen-bond donors (Lipinski definition) is 3. The Bertz CT molecular complexity index is 715. The number of rotatable bonds is 1. The zero-order chi connectivity index (χ0) is 19.9. The minimum atomic E-state index is -0.825. The number of allylic oxidation sites excluding steroid dienone is 1. The topological polar surface area (TPSA) is 69.9 Å². The third-order valence-corrected chi connectivity index (χ3v) is 10.0. The smallest absolute Gasteiger partial charge is 0.112 e. The second-order valence-corrected chi connectivity index (χ2v) is 11.0. The van der Waals surface area contributed by atoms with E-state index >= 15 is 0 Å². The van der Waals surface area contributed by atoms with Crippen molar-refractivity contribution in [2.24, 2.45) is 34.5 Å². The molecule has 4 fully saturated rings. The minimum Gasteiger partial charge on any atom is -0.490 e. The SMILES string of the molecule is C=C1C=C([C@H]2[C@@H](O)C[C@]3(O)[C@@H]4CC[C@@H]5C[C@@H](O)CC[C@]5(C)[C@H]4CC[C@]23C)CO1. The molecular weight excluding hydrogens is 352 g/mol. The summed E-state index contributed by atoms with van der Waals surface area (Å²) in [5, 5.41) is 33.5. The van der Waals surface area contributed by atoms with E-state index in [4.69, 9.17) is 4.74 Å². The minimum absolute atomic E-state index is 0.0450. The van der Waals surface area contributed by atoms with Crippen LogP contribution in [0.25, 0.3) is 0 Å². The Morgan fingerprint density at radius 1 is 1.07 bits per heavy atom. The van der Waals surface area contributed by atoms with Crippen molar-refractivity contribution in [3.63, 3.8) is 0 Å². The van der Waals surface area contributed by atoms with Gasteiger partial charge in [0.15, 0.2) is 0 Å². The van der Waals surface area contributed by atoms with Gasteiger partial charge in [0, 0.05) is 17.8 Å². The Labute approximate surface area is 168 Å². The fraction of sp³-hybridized carbons (Fsp3) is 0.833. The summed E-state index contributed by atoms with van der Waals surface area (Å²) in [4.78, 5) is 0. The van der Waals surface area contributed by atoms with Crippen molar-refractivity contribution >= 4 is 0 Å². The largest absolute Gasteiger partial charge is 0.490 e. The van der Waals surface area contributed by atoms with Crippen LogP contribution >= 0.6 is 0 Å². The first-order valence-electron chi connectivity index (χ1n) is 11.3. The Kier molecular flexibility index (Phi) is 4.16. The van der Waals surface area contributed by atoms with Gasteiger partial charge in [-0.05, 0) is 79.8 Å². The van der Waals surface area contributed by atoms with Crippen LogP contribution in [0.4, 0.5) is 0 Å². The number of fused-ring (bicyclic) bond motifs is 5. The lowest BCUT2D eigenvalue weighted by Gasteiger charge is -2.63. The first kappa shape index (κ1) is 19.1. The van der Waals surface area contributed by atoms with E-state index in [1.165, 1.54) is 0 Å². The second-order valence-electron chi connectivity index (χ2n) is 11.0. The molecule has 0 spiro atoms. The number of aliphatic hydroxyl groups is 3. The highest BCUT2D eigenvalue weighted by Crippen LogP contribution is 2.69. The van der Waals surface area contributed by atoms with E-state index in [2.05, 4.69) is 20.4 Å². The van der Waals surface area contributed by atoms with Crippen molar-refractivity contribution in [2.45, 2.75) is 83.0 Å². The zero-order valence-electron chi connectivity index (χ0n) is 17.4. The van der Waals surface area contributed by atoms with E-state index in [1.54, 1.807) is 0 Å². The molecule has 0 aromatic heterocycles. The van der Waals surface area contributed by atoms with E-state index in [-0.39, 0.29) is 28.8 Å². The van der Waals surface area contributed by atoms with Crippen molar-refractivity contribution in [1.82, 2.24) is 0 Å². The average molecular weight is 389 g/mol. The highest BCUT2D eigenvalue weighted by atomic mass is 16.5. The molecule has 156 valence electrons. The molecule has 0 saturated heterocycles. The summed E-state index contributed by atoms with van der Waals surface area (Å²) >= 11 is 0. The van der Waals surface area contributed by atoms with Gasteiger partial charge in [-0.1, -0.05) is 20.4 Å². The Morgan fingerprint density at radius 2 is 1.86 bits per heavy atom. The molecule has 4 heteroatoms. The van der Waals surface area contributed by atoms with Crippen LogP contribution in [0.2, 0.25) is 0 Å². The van der Waals surface area contributed by atoms with Gasteiger partial charge < -0.3 is 20.1 Å². The lowest BCUT2D eigenvalue weighted by molar-refractivity contribution is -0.208. The van der Waals surface area contributed by atoms with Crippen molar-refractivity contribution in [2.75, 3.05) is 6.61 Å². The van der Waals surface area contributed by atoms with Gasteiger partial charge in [0.05, 0.1) is 17.8 Å². The summed E-state index contributed by atoms with van der Waals surface area (Å²) in [5.41, 5.74) is 0.182. The molecule has 1 aliphatic heterocycles. The van der Waals surface area contributed by atoms with Crippen LogP contribution in [0.3, 0.4) is 0 Å². The normalized spacial score (nSPS) is 55.8. The summed E-state index contributed by atoms with van der Waals surface area (Å²) in [6.07, 6.45) is 8.85. The molecule has 0 unspecified atom stereocenters. The Morgan fingerprint density at radius 3 is 2.57 bits per heavy atom. The van der Waals surface area contributed by atoms with Crippen molar-refractivity contribution in [1.29, 1.82) is 0 Å². The van der Waals surface area contributed by atoms with E-state index < -0.39 is 11.7 Å². The summed E-state index contributed by atoms with van der Waals surface area (Å²) in [5.74, 6) is 1.93. The maximum absolute atomic E-state index is 12.2. The monoisotopic (exact) mass is 388 g/mol. The maximum atomic E-state index is 12.2. The van der Waals surface area contributed by atoms with Gasteiger partial charge >= 0.3 is 0 Å². The van der Waals surface area contributed by atoms with E-state index in [0.29, 0.717) is 30.6 Å². The van der Waals surface area contributed by atoms with Gasteiger partial charge in [-0.25, -0.2) is 0 Å². The summed E-state index contributed by atoms with van der Waals surface area (Å²) in [6, 6.07) is 0. The maximum Gasteiger partial charge on any atom is 0.112 e. The van der Waals surface area contributed by atoms with E-state index in [1.807, 2.05) is 6.08 Å². The predicted octanol–water partition coefficient (Wildman–Crippen LogP) is 3.56. The van der Waals surface area contributed by atoms with Gasteiger partial charge in [0.25, 0.3) is 0 Å². The molecule has 0 aromatic carbocycles. The quantitative estimate of drug-likeness (QED) is 0.642. The Hall–Kier alpha value is -0.840. The molecule has 4 nitrogen and oxygen atoms in total. The molecule has 0 radical (unpaired) electrons. The molecule has 3 N–H and O–H groups in total. The van der Waals surface area contributed by atoms with Crippen LogP contribution < -0.4 is 0 Å². The molecule has 28 heavy (non-hydrogen) atoms. The molecule has 9 atom stereocenters. The standard InChI is InChI=1S/C24H36O4/c1-14-10-15(13-28-14)21-20(26)12-24(27)19-5-4-16-11-17(25)6-8-22(16,2)18(19)7-9-23(21,24)3/h10,16-21,25-27H,1,4-9,11-13H2,2-3H3/t16-,17+,18+,19-,20+,21+,22+,23-,24+/m1/s1. The summed E-state index contributed by atoms with van der Waals surface area (Å²) in [6.45, 7) is 9.04. The van der Waals surface area contributed by atoms with Gasteiger partial charge in [0.1, 0.15) is 12.4 Å². The third kappa shape index (κ3) is 2.34. The van der Waals surface area contributed by atoms with Crippen LogP contribution in [-0.4, -0.2) is 39.7 Å². The van der Waals surface area contributed by atoms with Gasteiger partial charge in [-0.2, -0.15) is 0 Å². The first-order valence-corrected chi connectivity index (χ1v) is 11.3. The fourth-order valence-corrected chi connectivity index (χ4v) is 8.54. The number of ether oxygens (including phenoxy) is 1. The van der Waals surface area contributed by atoms with Crippen molar-refractivity contribution < 1.29 is 20.1 Å². The van der Waals surface area contributed by atoms with Crippen LogP contribution in [0.15, 0.2) is 24.0 Å². The van der Waals surface area contributed by atoms with E-state index in [0.717, 1.165) is 50.5 Å². The van der Waals surface area contributed by atoms with Gasteiger partial charge in [-0.3, -0.25) is 0 Å². The van der Waals surface area contributed by atoms with Crippen LogP contribution in [0, 0.1) is 34.5 Å². The average Bonchev–Trinajstić information content (AvgIpc) is 3.13. The third-order valence-electron chi connectivity index (χ3n) is 10.0. The molecular formula is C24H36O4. The molecule has 0 aromatic rings. The molecule has 5 aliphatic rings. The molecule has 0 amide bonds. The molecule has 1 heterocycles.